The zero-order valence-corrected chi connectivity index (χ0v) is 9.49. The summed E-state index contributed by atoms with van der Waals surface area (Å²) in [5, 5.41) is 9.84. The Morgan fingerprint density at radius 3 is 2.73 bits per heavy atom. The van der Waals surface area contributed by atoms with Crippen molar-refractivity contribution in [1.29, 1.82) is 0 Å². The Bertz CT molecular complexity index is 374. The van der Waals surface area contributed by atoms with Crippen LogP contribution in [0.1, 0.15) is 25.0 Å². The highest BCUT2D eigenvalue weighted by molar-refractivity contribution is 5.47. The Labute approximate surface area is 91.5 Å². The lowest BCUT2D eigenvalue weighted by atomic mass is 10.1. The molecule has 0 aliphatic rings. The summed E-state index contributed by atoms with van der Waals surface area (Å²) in [6, 6.07) is 7.88. The molecule has 2 nitrogen and oxygen atoms in total. The van der Waals surface area contributed by atoms with Gasteiger partial charge in [0.05, 0.1) is 6.10 Å². The van der Waals surface area contributed by atoms with Crippen LogP contribution in [-0.2, 0) is 0 Å². The van der Waals surface area contributed by atoms with Crippen molar-refractivity contribution >= 4 is 5.69 Å². The van der Waals surface area contributed by atoms with Crippen LogP contribution in [-0.4, -0.2) is 19.2 Å². The number of benzene rings is 1. The Balaban J connectivity index is 2.83. The number of hydrogen-bond donors (Lipinski definition) is 1. The lowest BCUT2D eigenvalue weighted by molar-refractivity contribution is 0.184. The van der Waals surface area contributed by atoms with E-state index in [1.807, 2.05) is 43.3 Å². The molecular formula is C13H17NO. The Morgan fingerprint density at radius 1 is 1.40 bits per heavy atom. The quantitative estimate of drug-likeness (QED) is 0.761. The molecule has 1 aromatic rings. The van der Waals surface area contributed by atoms with E-state index < -0.39 is 6.10 Å². The fraction of sp³-hybridized carbons (Fsp3) is 0.385. The molecule has 0 radical (unpaired) electrons. The number of nitrogens with zero attached hydrogens (tertiary/aromatic N) is 1. The summed E-state index contributed by atoms with van der Waals surface area (Å²) < 4.78 is 0. The monoisotopic (exact) mass is 203 g/mol. The maximum atomic E-state index is 9.84. The summed E-state index contributed by atoms with van der Waals surface area (Å²) in [5.74, 6) is 5.67. The van der Waals surface area contributed by atoms with Gasteiger partial charge in [0.15, 0.2) is 0 Å². The van der Waals surface area contributed by atoms with E-state index in [1.165, 1.54) is 0 Å². The zero-order valence-electron chi connectivity index (χ0n) is 9.49. The minimum Gasteiger partial charge on any atom is -0.387 e. The van der Waals surface area contributed by atoms with Gasteiger partial charge in [-0.05, 0) is 24.6 Å². The van der Waals surface area contributed by atoms with E-state index >= 15 is 0 Å². The average Bonchev–Trinajstić information content (AvgIpc) is 2.26. The minimum absolute atomic E-state index is 0.489. The zero-order chi connectivity index (χ0) is 11.3. The number of anilines is 1. The molecule has 1 atom stereocenters. The van der Waals surface area contributed by atoms with E-state index in [-0.39, 0.29) is 0 Å². The van der Waals surface area contributed by atoms with Gasteiger partial charge in [0, 0.05) is 26.2 Å². The van der Waals surface area contributed by atoms with Crippen molar-refractivity contribution in [2.45, 2.75) is 19.4 Å². The van der Waals surface area contributed by atoms with E-state index in [0.717, 1.165) is 11.3 Å². The van der Waals surface area contributed by atoms with Crippen LogP contribution in [0.5, 0.6) is 0 Å². The molecule has 0 spiro atoms. The molecule has 80 valence electrons. The second-order valence-corrected chi connectivity index (χ2v) is 3.64. The summed E-state index contributed by atoms with van der Waals surface area (Å²) in [6.07, 6.45) is 0.00487. The fourth-order valence-electron chi connectivity index (χ4n) is 1.33. The predicted molar refractivity (Wildman–Crippen MR) is 63.8 cm³/mol. The van der Waals surface area contributed by atoms with Crippen LogP contribution in [0.25, 0.3) is 0 Å². The van der Waals surface area contributed by atoms with Gasteiger partial charge in [0.2, 0.25) is 0 Å². The summed E-state index contributed by atoms with van der Waals surface area (Å²) in [6.45, 7) is 1.78. The van der Waals surface area contributed by atoms with Crippen molar-refractivity contribution < 1.29 is 5.11 Å². The average molecular weight is 203 g/mol. The SMILES string of the molecule is CC#CCC(O)c1cccc(N(C)C)c1. The highest BCUT2D eigenvalue weighted by atomic mass is 16.3. The molecule has 2 heteroatoms. The van der Waals surface area contributed by atoms with Gasteiger partial charge in [0.1, 0.15) is 0 Å². The molecule has 0 amide bonds. The minimum atomic E-state index is -0.489. The maximum absolute atomic E-state index is 9.84. The first-order chi connectivity index (χ1) is 7.15. The Hall–Kier alpha value is -1.46. The first-order valence-corrected chi connectivity index (χ1v) is 5.00. The van der Waals surface area contributed by atoms with Crippen LogP contribution in [0, 0.1) is 11.8 Å². The Kier molecular flexibility index (Phi) is 4.20. The first-order valence-electron chi connectivity index (χ1n) is 5.00. The Morgan fingerprint density at radius 2 is 2.13 bits per heavy atom. The molecule has 1 N–H and O–H groups in total. The van der Waals surface area contributed by atoms with Crippen molar-refractivity contribution in [3.05, 3.63) is 29.8 Å². The molecule has 1 aromatic carbocycles. The molecule has 1 unspecified atom stereocenters. The third-order valence-corrected chi connectivity index (χ3v) is 2.24. The van der Waals surface area contributed by atoms with Crippen LogP contribution in [0.4, 0.5) is 5.69 Å². The van der Waals surface area contributed by atoms with Gasteiger partial charge in [-0.25, -0.2) is 0 Å². The molecule has 15 heavy (non-hydrogen) atoms. The summed E-state index contributed by atoms with van der Waals surface area (Å²) >= 11 is 0. The van der Waals surface area contributed by atoms with Gasteiger partial charge in [-0.2, -0.15) is 0 Å². The molecule has 1 rings (SSSR count). The third-order valence-electron chi connectivity index (χ3n) is 2.24. The number of aliphatic hydroxyl groups excluding tert-OH is 1. The number of rotatable bonds is 3. The van der Waals surface area contributed by atoms with Crippen molar-refractivity contribution in [2.24, 2.45) is 0 Å². The molecule has 0 aromatic heterocycles. The predicted octanol–water partition coefficient (Wildman–Crippen LogP) is 2.20. The molecule has 0 fully saturated rings. The maximum Gasteiger partial charge on any atom is 0.0899 e. The molecule has 0 heterocycles. The van der Waals surface area contributed by atoms with Gasteiger partial charge >= 0.3 is 0 Å². The van der Waals surface area contributed by atoms with Crippen LogP contribution >= 0.6 is 0 Å². The number of hydrogen-bond acceptors (Lipinski definition) is 2. The third kappa shape index (κ3) is 3.30. The standard InChI is InChI=1S/C13H17NO/c1-4-5-9-13(15)11-7-6-8-12(10-11)14(2)3/h6-8,10,13,15H,9H2,1-3H3. The largest absolute Gasteiger partial charge is 0.387 e. The topological polar surface area (TPSA) is 23.5 Å². The molecule has 0 saturated heterocycles. The second-order valence-electron chi connectivity index (χ2n) is 3.64. The second kappa shape index (κ2) is 5.43. The van der Waals surface area contributed by atoms with Crippen LogP contribution in [0.3, 0.4) is 0 Å². The van der Waals surface area contributed by atoms with Crippen molar-refractivity contribution in [1.82, 2.24) is 0 Å². The van der Waals surface area contributed by atoms with E-state index in [4.69, 9.17) is 0 Å². The summed E-state index contributed by atoms with van der Waals surface area (Å²) in [5.41, 5.74) is 2.01. The molecule has 0 aliphatic carbocycles. The molecular weight excluding hydrogens is 186 g/mol. The molecule has 0 aliphatic heterocycles. The van der Waals surface area contributed by atoms with Gasteiger partial charge in [-0.15, -0.1) is 11.8 Å². The summed E-state index contributed by atoms with van der Waals surface area (Å²) in [7, 11) is 3.97. The molecule has 0 saturated carbocycles. The van der Waals surface area contributed by atoms with E-state index in [2.05, 4.69) is 11.8 Å². The highest BCUT2D eigenvalue weighted by Gasteiger charge is 2.06. The van der Waals surface area contributed by atoms with Gasteiger partial charge in [-0.1, -0.05) is 12.1 Å². The smallest absolute Gasteiger partial charge is 0.0899 e. The van der Waals surface area contributed by atoms with Crippen molar-refractivity contribution in [2.75, 3.05) is 19.0 Å². The van der Waals surface area contributed by atoms with Crippen molar-refractivity contribution in [3.8, 4) is 11.8 Å². The van der Waals surface area contributed by atoms with Gasteiger partial charge in [-0.3, -0.25) is 0 Å². The summed E-state index contributed by atoms with van der Waals surface area (Å²) in [4.78, 5) is 2.02. The van der Waals surface area contributed by atoms with E-state index in [1.54, 1.807) is 6.92 Å². The van der Waals surface area contributed by atoms with E-state index in [9.17, 15) is 5.11 Å². The lowest BCUT2D eigenvalue weighted by Crippen LogP contribution is -2.09. The van der Waals surface area contributed by atoms with E-state index in [0.29, 0.717) is 6.42 Å². The van der Waals surface area contributed by atoms with Crippen molar-refractivity contribution in [3.63, 3.8) is 0 Å². The van der Waals surface area contributed by atoms with Gasteiger partial charge < -0.3 is 10.0 Å². The lowest BCUT2D eigenvalue weighted by Gasteiger charge is -2.15. The van der Waals surface area contributed by atoms with Gasteiger partial charge in [0.25, 0.3) is 0 Å². The highest BCUT2D eigenvalue weighted by Crippen LogP contribution is 2.21. The van der Waals surface area contributed by atoms with Crippen LogP contribution in [0.2, 0.25) is 0 Å². The number of aliphatic hydroxyl groups is 1. The van der Waals surface area contributed by atoms with Crippen LogP contribution < -0.4 is 4.90 Å². The first kappa shape index (κ1) is 11.6. The fourth-order valence-corrected chi connectivity index (χ4v) is 1.33. The molecule has 0 bridgehead atoms. The normalized spacial score (nSPS) is 11.5. The van der Waals surface area contributed by atoms with Crippen LogP contribution in [0.15, 0.2) is 24.3 Å².